The molecule has 0 aliphatic carbocycles. The first-order valence-electron chi connectivity index (χ1n) is 8.99. The molecule has 2 rings (SSSR count). The number of unbranched alkanes of at least 4 members (excludes halogenated alkanes) is 1. The molecule has 0 aliphatic rings. The molecule has 2 aromatic rings. The third-order valence-electron chi connectivity index (χ3n) is 4.05. The summed E-state index contributed by atoms with van der Waals surface area (Å²) in [5, 5.41) is 2.55. The molecule has 1 aromatic carbocycles. The van der Waals surface area contributed by atoms with Crippen LogP contribution in [0.5, 0.6) is 5.75 Å². The molecule has 2 amide bonds. The molecule has 0 aliphatic heterocycles. The van der Waals surface area contributed by atoms with Crippen molar-refractivity contribution in [1.82, 2.24) is 3.96 Å². The van der Waals surface area contributed by atoms with Gasteiger partial charge in [-0.3, -0.25) is 13.5 Å². The van der Waals surface area contributed by atoms with Crippen molar-refractivity contribution >= 4 is 29.5 Å². The van der Waals surface area contributed by atoms with Gasteiger partial charge in [0, 0.05) is 23.0 Å². The number of nitrogens with zero attached hydrogens (tertiary/aromatic N) is 2. The average molecular weight is 390 g/mol. The van der Waals surface area contributed by atoms with Gasteiger partial charge in [-0.25, -0.2) is 0 Å². The molecule has 0 atom stereocenters. The Hall–Kier alpha value is -2.41. The van der Waals surface area contributed by atoms with E-state index in [0.29, 0.717) is 23.4 Å². The minimum Gasteiger partial charge on any atom is -0.496 e. The number of anilines is 1. The van der Waals surface area contributed by atoms with E-state index < -0.39 is 0 Å². The fraction of sp³-hybridized carbons (Fsp3) is 0.450. The van der Waals surface area contributed by atoms with Gasteiger partial charge in [0.1, 0.15) is 10.4 Å². The Labute approximate surface area is 164 Å². The number of methoxy groups -OCH3 is 1. The predicted octanol–water partition coefficient (Wildman–Crippen LogP) is 3.97. The zero-order valence-corrected chi connectivity index (χ0v) is 17.4. The summed E-state index contributed by atoms with van der Waals surface area (Å²) in [7, 11) is 1.50. The molecule has 7 heteroatoms. The second-order valence-electron chi connectivity index (χ2n) is 7.25. The molecule has 1 N–H and O–H groups in total. The number of ether oxygens (including phenoxy) is 1. The van der Waals surface area contributed by atoms with Gasteiger partial charge in [-0.1, -0.05) is 13.3 Å². The number of carbonyl (C=O) groups excluding carboxylic acids is 2. The summed E-state index contributed by atoms with van der Waals surface area (Å²) in [4.78, 5) is 27.9. The summed E-state index contributed by atoms with van der Waals surface area (Å²) >= 11 is 1.48. The van der Waals surface area contributed by atoms with Crippen LogP contribution in [0, 0.1) is 0 Å². The number of carbonyl (C=O) groups is 2. The van der Waals surface area contributed by atoms with E-state index in [0.717, 1.165) is 29.5 Å². The van der Waals surface area contributed by atoms with Crippen molar-refractivity contribution in [2.24, 2.45) is 4.99 Å². The number of aromatic nitrogens is 1. The standard InChI is InChI=1S/C20H27N3O3S/c1-6-7-8-14-12-23(20(2,3)4)27-19(14)22-18(25)16-11-15(21-13-24)9-10-17(16)26-5/h9-13H,6-8H2,1-5H3,(H,21,24)/b22-19-. The maximum Gasteiger partial charge on any atom is 0.282 e. The lowest BCUT2D eigenvalue weighted by molar-refractivity contribution is -0.105. The van der Waals surface area contributed by atoms with E-state index in [1.54, 1.807) is 18.2 Å². The topological polar surface area (TPSA) is 72.7 Å². The fourth-order valence-electron chi connectivity index (χ4n) is 2.52. The lowest BCUT2D eigenvalue weighted by Crippen LogP contribution is -2.18. The lowest BCUT2D eigenvalue weighted by atomic mass is 10.1. The molecule has 0 saturated heterocycles. The normalized spacial score (nSPS) is 12.1. The smallest absolute Gasteiger partial charge is 0.282 e. The third kappa shape index (κ3) is 5.29. The molecule has 6 nitrogen and oxygen atoms in total. The van der Waals surface area contributed by atoms with Crippen LogP contribution in [0.3, 0.4) is 0 Å². The van der Waals surface area contributed by atoms with Crippen LogP contribution >= 0.6 is 11.5 Å². The van der Waals surface area contributed by atoms with Crippen LogP contribution in [0.15, 0.2) is 29.4 Å². The van der Waals surface area contributed by atoms with E-state index in [4.69, 9.17) is 4.74 Å². The highest BCUT2D eigenvalue weighted by Crippen LogP contribution is 2.24. The Balaban J connectivity index is 2.51. The number of amides is 2. The van der Waals surface area contributed by atoms with Crippen molar-refractivity contribution in [2.75, 3.05) is 12.4 Å². The molecule has 0 bridgehead atoms. The molecule has 27 heavy (non-hydrogen) atoms. The lowest BCUT2D eigenvalue weighted by Gasteiger charge is -2.19. The summed E-state index contributed by atoms with van der Waals surface area (Å²) in [6.07, 6.45) is 5.66. The number of hydrogen-bond acceptors (Lipinski definition) is 4. The van der Waals surface area contributed by atoms with Gasteiger partial charge in [0.15, 0.2) is 0 Å². The van der Waals surface area contributed by atoms with Crippen molar-refractivity contribution in [3.05, 3.63) is 40.2 Å². The van der Waals surface area contributed by atoms with E-state index >= 15 is 0 Å². The van der Waals surface area contributed by atoms with Gasteiger partial charge in [0.05, 0.1) is 12.7 Å². The van der Waals surface area contributed by atoms with Crippen LogP contribution < -0.4 is 14.7 Å². The Morgan fingerprint density at radius 3 is 2.70 bits per heavy atom. The summed E-state index contributed by atoms with van der Waals surface area (Å²) < 4.78 is 8.15. The zero-order valence-electron chi connectivity index (χ0n) is 16.5. The maximum absolute atomic E-state index is 12.9. The van der Waals surface area contributed by atoms with E-state index in [-0.39, 0.29) is 11.4 Å². The average Bonchev–Trinajstić information content (AvgIpc) is 3.03. The second-order valence-corrected chi connectivity index (χ2v) is 8.21. The fourth-order valence-corrected chi connectivity index (χ4v) is 3.56. The minimum absolute atomic E-state index is 0.0755. The van der Waals surface area contributed by atoms with Gasteiger partial charge in [-0.2, -0.15) is 4.99 Å². The molecule has 0 saturated carbocycles. The third-order valence-corrected chi connectivity index (χ3v) is 5.43. The highest BCUT2D eigenvalue weighted by atomic mass is 32.1. The molecule has 146 valence electrons. The van der Waals surface area contributed by atoms with E-state index in [1.807, 2.05) is 0 Å². The Morgan fingerprint density at radius 2 is 2.11 bits per heavy atom. The number of aryl methyl sites for hydroxylation is 1. The molecular weight excluding hydrogens is 362 g/mol. The van der Waals surface area contributed by atoms with E-state index in [9.17, 15) is 9.59 Å². The van der Waals surface area contributed by atoms with Gasteiger partial charge in [-0.05, 0) is 63.3 Å². The van der Waals surface area contributed by atoms with E-state index in [1.165, 1.54) is 18.6 Å². The Morgan fingerprint density at radius 1 is 1.37 bits per heavy atom. The van der Waals surface area contributed by atoms with Crippen molar-refractivity contribution in [3.8, 4) is 5.75 Å². The van der Waals surface area contributed by atoms with Gasteiger partial charge in [0.2, 0.25) is 6.41 Å². The molecule has 0 spiro atoms. The van der Waals surface area contributed by atoms with Crippen molar-refractivity contribution < 1.29 is 14.3 Å². The first-order valence-corrected chi connectivity index (χ1v) is 9.77. The van der Waals surface area contributed by atoms with Gasteiger partial charge < -0.3 is 10.1 Å². The van der Waals surface area contributed by atoms with Crippen LogP contribution in [-0.4, -0.2) is 23.4 Å². The van der Waals surface area contributed by atoms with Crippen molar-refractivity contribution in [1.29, 1.82) is 0 Å². The molecular formula is C20H27N3O3S. The number of benzene rings is 1. The summed E-state index contributed by atoms with van der Waals surface area (Å²) in [5.41, 5.74) is 1.84. The summed E-state index contributed by atoms with van der Waals surface area (Å²) in [6.45, 7) is 8.51. The largest absolute Gasteiger partial charge is 0.496 e. The molecule has 0 radical (unpaired) electrons. The Bertz CT molecular complexity index is 875. The quantitative estimate of drug-likeness (QED) is 0.729. The Kier molecular flexibility index (Phi) is 6.96. The molecule has 0 unspecified atom stereocenters. The van der Waals surface area contributed by atoms with Crippen molar-refractivity contribution in [3.63, 3.8) is 0 Å². The highest BCUT2D eigenvalue weighted by molar-refractivity contribution is 7.04. The van der Waals surface area contributed by atoms with E-state index in [2.05, 4.69) is 48.2 Å². The first kappa shape index (κ1) is 20.9. The van der Waals surface area contributed by atoms with Gasteiger partial charge in [-0.15, -0.1) is 0 Å². The van der Waals surface area contributed by atoms with Gasteiger partial charge >= 0.3 is 0 Å². The minimum atomic E-state index is -0.387. The number of hydrogen-bond donors (Lipinski definition) is 1. The van der Waals surface area contributed by atoms with Gasteiger partial charge in [0.25, 0.3) is 5.91 Å². The second kappa shape index (κ2) is 8.99. The highest BCUT2D eigenvalue weighted by Gasteiger charge is 2.17. The monoisotopic (exact) mass is 389 g/mol. The van der Waals surface area contributed by atoms with Crippen LogP contribution in [0.25, 0.3) is 0 Å². The zero-order chi connectivity index (χ0) is 20.0. The molecule has 1 aromatic heterocycles. The summed E-state index contributed by atoms with van der Waals surface area (Å²) in [6, 6.07) is 4.90. The molecule has 1 heterocycles. The number of rotatable bonds is 7. The number of nitrogens with one attached hydrogen (secondary N) is 1. The van der Waals surface area contributed by atoms with Crippen molar-refractivity contribution in [2.45, 2.75) is 52.5 Å². The predicted molar refractivity (Wildman–Crippen MR) is 108 cm³/mol. The van der Waals surface area contributed by atoms with Crippen LogP contribution in [0.2, 0.25) is 0 Å². The van der Waals surface area contributed by atoms with Crippen LogP contribution in [0.4, 0.5) is 5.69 Å². The molecule has 0 fully saturated rings. The first-order chi connectivity index (χ1) is 12.8. The maximum atomic E-state index is 12.9. The summed E-state index contributed by atoms with van der Waals surface area (Å²) in [5.74, 6) is 0.0395. The van der Waals surface area contributed by atoms with Crippen LogP contribution in [-0.2, 0) is 16.8 Å². The van der Waals surface area contributed by atoms with Crippen LogP contribution in [0.1, 0.15) is 56.5 Å². The SMILES string of the molecule is CCCCc1cn(C(C)(C)C)s/c1=N\C(=O)c1cc(NC=O)ccc1OC.